The summed E-state index contributed by atoms with van der Waals surface area (Å²) < 4.78 is 15.0. The van der Waals surface area contributed by atoms with Gasteiger partial charge in [0.2, 0.25) is 0 Å². The molecule has 0 spiro atoms. The Kier molecular flexibility index (Phi) is 4.85. The van der Waals surface area contributed by atoms with E-state index >= 15 is 0 Å². The molecule has 0 radical (unpaired) electrons. The number of hydrogen-bond donors (Lipinski definition) is 1. The molecule has 1 fully saturated rings. The highest BCUT2D eigenvalue weighted by molar-refractivity contribution is 7.16. The van der Waals surface area contributed by atoms with Crippen LogP contribution in [0.25, 0.3) is 15.8 Å². The number of nitrogens with zero attached hydrogens (tertiary/aromatic N) is 4. The van der Waals surface area contributed by atoms with Crippen molar-refractivity contribution in [3.05, 3.63) is 63.3 Å². The van der Waals surface area contributed by atoms with Gasteiger partial charge in [0.05, 0.1) is 28.3 Å². The summed E-state index contributed by atoms with van der Waals surface area (Å²) in [6, 6.07) is 8.92. The fourth-order valence-corrected chi connectivity index (χ4v) is 5.06. The molecule has 0 amide bonds. The zero-order chi connectivity index (χ0) is 20.7. The summed E-state index contributed by atoms with van der Waals surface area (Å²) in [7, 11) is 0. The van der Waals surface area contributed by atoms with Crippen LogP contribution in [0.1, 0.15) is 24.1 Å². The molecule has 1 aliphatic heterocycles. The number of thiazole rings is 1. The lowest BCUT2D eigenvalue weighted by Crippen LogP contribution is -2.49. The van der Waals surface area contributed by atoms with E-state index in [1.54, 1.807) is 17.6 Å². The van der Waals surface area contributed by atoms with Crippen LogP contribution < -0.4 is 10.5 Å². The predicted octanol–water partition coefficient (Wildman–Crippen LogP) is 3.36. The SMILES string of the molecule is N#Cc1ccc(N2CCN(C3C=C(c4cc5ncsc5c(=O)[nH]4)CC3)CC2)c(F)c1. The van der Waals surface area contributed by atoms with Gasteiger partial charge in [0.25, 0.3) is 5.56 Å². The fraction of sp³-hybridized carbons (Fsp3) is 0.318. The van der Waals surface area contributed by atoms with Crippen molar-refractivity contribution < 1.29 is 4.39 Å². The van der Waals surface area contributed by atoms with Crippen molar-refractivity contribution in [2.45, 2.75) is 18.9 Å². The van der Waals surface area contributed by atoms with Gasteiger partial charge < -0.3 is 9.88 Å². The van der Waals surface area contributed by atoms with Crippen LogP contribution in [-0.2, 0) is 0 Å². The summed E-state index contributed by atoms with van der Waals surface area (Å²) in [6.07, 6.45) is 4.18. The first-order valence-corrected chi connectivity index (χ1v) is 10.9. The minimum atomic E-state index is -0.341. The van der Waals surface area contributed by atoms with E-state index in [0.29, 0.717) is 22.0 Å². The second-order valence-electron chi connectivity index (χ2n) is 7.68. The summed E-state index contributed by atoms with van der Waals surface area (Å²) in [4.78, 5) is 24.0. The zero-order valence-electron chi connectivity index (χ0n) is 16.3. The normalized spacial score (nSPS) is 19.8. The largest absolute Gasteiger partial charge is 0.367 e. The number of piperazine rings is 1. The topological polar surface area (TPSA) is 76.0 Å². The van der Waals surface area contributed by atoms with E-state index in [0.717, 1.165) is 55.8 Å². The van der Waals surface area contributed by atoms with Crippen LogP contribution in [0.4, 0.5) is 10.1 Å². The number of aromatic amines is 1. The monoisotopic (exact) mass is 421 g/mol. The molecule has 152 valence electrons. The van der Waals surface area contributed by atoms with E-state index in [9.17, 15) is 9.18 Å². The van der Waals surface area contributed by atoms with Crippen molar-refractivity contribution in [2.75, 3.05) is 31.1 Å². The van der Waals surface area contributed by atoms with Crippen molar-refractivity contribution in [2.24, 2.45) is 0 Å². The standard InChI is InChI=1S/C22H20FN5OS/c23-17-9-14(12-24)1-4-20(17)28-7-5-27(6-8-28)16-3-2-15(10-16)18-11-19-21(22(29)26-18)30-13-25-19/h1,4,9-11,13,16H,2-3,5-8H2,(H,26,29). The number of nitrogens with one attached hydrogen (secondary N) is 1. The number of H-pyrrole nitrogens is 1. The number of fused-ring (bicyclic) bond motifs is 1. The molecular formula is C22H20FN5OS. The molecular weight excluding hydrogens is 401 g/mol. The Bertz CT molecular complexity index is 1230. The molecule has 8 heteroatoms. The van der Waals surface area contributed by atoms with Crippen molar-refractivity contribution in [3.8, 4) is 6.07 Å². The fourth-order valence-electron chi connectivity index (χ4n) is 4.39. The maximum Gasteiger partial charge on any atom is 0.268 e. The van der Waals surface area contributed by atoms with Crippen LogP contribution in [0.3, 0.4) is 0 Å². The van der Waals surface area contributed by atoms with Crippen LogP contribution in [0.5, 0.6) is 0 Å². The van der Waals surface area contributed by atoms with Crippen molar-refractivity contribution in [1.82, 2.24) is 14.9 Å². The molecule has 30 heavy (non-hydrogen) atoms. The number of pyridine rings is 1. The Morgan fingerprint density at radius 2 is 2.07 bits per heavy atom. The Labute approximate surface area is 176 Å². The number of allylic oxidation sites excluding steroid dienone is 1. The first-order chi connectivity index (χ1) is 14.6. The van der Waals surface area contributed by atoms with Crippen LogP contribution in [-0.4, -0.2) is 47.1 Å². The molecule has 1 unspecified atom stereocenters. The highest BCUT2D eigenvalue weighted by Crippen LogP contribution is 2.31. The molecule has 1 aliphatic carbocycles. The van der Waals surface area contributed by atoms with Crippen LogP contribution in [0, 0.1) is 17.1 Å². The minimum Gasteiger partial charge on any atom is -0.367 e. The van der Waals surface area contributed by atoms with E-state index in [-0.39, 0.29) is 11.4 Å². The van der Waals surface area contributed by atoms with Gasteiger partial charge in [-0.1, -0.05) is 6.08 Å². The van der Waals surface area contributed by atoms with Gasteiger partial charge in [-0.05, 0) is 42.7 Å². The van der Waals surface area contributed by atoms with Gasteiger partial charge in [0, 0.05) is 37.9 Å². The van der Waals surface area contributed by atoms with E-state index in [2.05, 4.69) is 20.9 Å². The first-order valence-electron chi connectivity index (χ1n) is 9.98. The highest BCUT2D eigenvalue weighted by Gasteiger charge is 2.27. The summed E-state index contributed by atoms with van der Waals surface area (Å²) >= 11 is 1.36. The molecule has 1 N–H and O–H groups in total. The molecule has 0 saturated carbocycles. The molecule has 3 heterocycles. The Balaban J connectivity index is 1.28. The first kappa shape index (κ1) is 19.0. The van der Waals surface area contributed by atoms with E-state index in [4.69, 9.17) is 5.26 Å². The van der Waals surface area contributed by atoms with Crippen LogP contribution in [0.2, 0.25) is 0 Å². The number of aromatic nitrogens is 2. The zero-order valence-corrected chi connectivity index (χ0v) is 17.1. The predicted molar refractivity (Wildman–Crippen MR) is 116 cm³/mol. The van der Waals surface area contributed by atoms with E-state index in [1.165, 1.54) is 17.4 Å². The lowest BCUT2D eigenvalue weighted by Gasteiger charge is -2.38. The molecule has 6 nitrogen and oxygen atoms in total. The maximum atomic E-state index is 14.3. The third-order valence-corrected chi connectivity index (χ3v) is 6.82. The number of benzene rings is 1. The number of nitriles is 1. The average Bonchev–Trinajstić information content (AvgIpc) is 3.44. The van der Waals surface area contributed by atoms with Gasteiger partial charge in [-0.2, -0.15) is 5.26 Å². The van der Waals surface area contributed by atoms with Gasteiger partial charge in [-0.25, -0.2) is 9.37 Å². The van der Waals surface area contributed by atoms with Crippen molar-refractivity contribution in [3.63, 3.8) is 0 Å². The van der Waals surface area contributed by atoms with E-state index in [1.807, 2.05) is 17.0 Å². The van der Waals surface area contributed by atoms with E-state index < -0.39 is 0 Å². The number of halogens is 1. The van der Waals surface area contributed by atoms with Crippen molar-refractivity contribution >= 4 is 32.8 Å². The molecule has 2 aromatic heterocycles. The van der Waals surface area contributed by atoms with Crippen LogP contribution in [0.15, 0.2) is 40.6 Å². The number of anilines is 1. The Morgan fingerprint density at radius 1 is 1.23 bits per heavy atom. The van der Waals surface area contributed by atoms with Gasteiger partial charge in [-0.15, -0.1) is 11.3 Å². The highest BCUT2D eigenvalue weighted by atomic mass is 32.1. The smallest absolute Gasteiger partial charge is 0.268 e. The average molecular weight is 422 g/mol. The Hall–Kier alpha value is -3.02. The second-order valence-corrected chi connectivity index (χ2v) is 8.53. The van der Waals surface area contributed by atoms with Crippen molar-refractivity contribution in [1.29, 1.82) is 5.26 Å². The summed E-state index contributed by atoms with van der Waals surface area (Å²) in [5.41, 5.74) is 5.30. The molecule has 1 aromatic carbocycles. The molecule has 0 bridgehead atoms. The quantitative estimate of drug-likeness (QED) is 0.702. The lowest BCUT2D eigenvalue weighted by molar-refractivity contribution is 0.214. The molecule has 2 aliphatic rings. The molecule has 5 rings (SSSR count). The molecule has 3 aromatic rings. The van der Waals surface area contributed by atoms with Gasteiger partial charge in [0.1, 0.15) is 10.5 Å². The summed E-state index contributed by atoms with van der Waals surface area (Å²) in [5, 5.41) is 8.91. The summed E-state index contributed by atoms with van der Waals surface area (Å²) in [5.74, 6) is -0.341. The second kappa shape index (κ2) is 7.67. The minimum absolute atomic E-state index is 0.0765. The molecule has 1 atom stereocenters. The summed E-state index contributed by atoms with van der Waals surface area (Å²) in [6.45, 7) is 3.17. The maximum absolute atomic E-state index is 14.3. The van der Waals surface area contributed by atoms with Gasteiger partial charge >= 0.3 is 0 Å². The Morgan fingerprint density at radius 3 is 2.83 bits per heavy atom. The number of hydrogen-bond acceptors (Lipinski definition) is 6. The van der Waals surface area contributed by atoms with Crippen LogP contribution >= 0.6 is 11.3 Å². The number of rotatable bonds is 3. The lowest BCUT2D eigenvalue weighted by atomic mass is 10.1. The molecule has 1 saturated heterocycles. The van der Waals surface area contributed by atoms with Gasteiger partial charge in [0.15, 0.2) is 0 Å². The third kappa shape index (κ3) is 3.40. The van der Waals surface area contributed by atoms with Gasteiger partial charge in [-0.3, -0.25) is 9.69 Å². The third-order valence-electron chi connectivity index (χ3n) is 5.98.